The van der Waals surface area contributed by atoms with Crippen LogP contribution in [0.4, 0.5) is 0 Å². The fourth-order valence-corrected chi connectivity index (χ4v) is 3.00. The number of carbonyl (C=O) groups excluding carboxylic acids is 1. The average Bonchev–Trinajstić information content (AvgIpc) is 2.92. The van der Waals surface area contributed by atoms with Gasteiger partial charge in [0.25, 0.3) is 5.91 Å². The number of amides is 1. The number of aryl methyl sites for hydroxylation is 1. The second-order valence-corrected chi connectivity index (χ2v) is 5.58. The molecule has 1 atom stereocenters. The van der Waals surface area contributed by atoms with Crippen molar-refractivity contribution in [3.05, 3.63) is 46.9 Å². The Labute approximate surface area is 129 Å². The number of phenolic OH excluding ortho intramolecular Hbond substituents is 1. The van der Waals surface area contributed by atoms with E-state index in [9.17, 15) is 9.90 Å². The minimum Gasteiger partial charge on any atom is -0.504 e. The highest BCUT2D eigenvalue weighted by atomic mass is 16.5. The maximum Gasteiger partial charge on any atom is 0.290 e. The molecule has 0 bridgehead atoms. The third-order valence-corrected chi connectivity index (χ3v) is 4.30. The van der Waals surface area contributed by atoms with Crippen molar-refractivity contribution in [3.8, 4) is 11.5 Å². The van der Waals surface area contributed by atoms with Gasteiger partial charge in [0.2, 0.25) is 0 Å². The number of furan rings is 1. The lowest BCUT2D eigenvalue weighted by molar-refractivity contribution is 0.0643. The topological polar surface area (TPSA) is 62.9 Å². The van der Waals surface area contributed by atoms with E-state index in [-0.39, 0.29) is 17.7 Å². The van der Waals surface area contributed by atoms with Crippen LogP contribution in [0.15, 0.2) is 28.9 Å². The Balaban J connectivity index is 1.95. The molecule has 2 aromatic rings. The summed E-state index contributed by atoms with van der Waals surface area (Å²) in [6.45, 7) is 4.43. The van der Waals surface area contributed by atoms with Crippen molar-refractivity contribution >= 4 is 5.91 Å². The van der Waals surface area contributed by atoms with Crippen LogP contribution in [-0.4, -0.2) is 29.6 Å². The van der Waals surface area contributed by atoms with Gasteiger partial charge in [-0.3, -0.25) is 4.79 Å². The summed E-state index contributed by atoms with van der Waals surface area (Å²) in [4.78, 5) is 14.5. The summed E-state index contributed by atoms with van der Waals surface area (Å²) in [6, 6.07) is 5.22. The fourth-order valence-electron chi connectivity index (χ4n) is 3.00. The summed E-state index contributed by atoms with van der Waals surface area (Å²) in [6.07, 6.45) is 2.23. The first-order valence-corrected chi connectivity index (χ1v) is 7.27. The van der Waals surface area contributed by atoms with Gasteiger partial charge in [0.05, 0.1) is 19.4 Å². The number of benzene rings is 1. The smallest absolute Gasteiger partial charge is 0.290 e. The summed E-state index contributed by atoms with van der Waals surface area (Å²) >= 11 is 0. The van der Waals surface area contributed by atoms with E-state index >= 15 is 0 Å². The van der Waals surface area contributed by atoms with Gasteiger partial charge in [-0.25, -0.2) is 0 Å². The van der Waals surface area contributed by atoms with Gasteiger partial charge in [-0.05, 0) is 49.6 Å². The molecule has 1 N–H and O–H groups in total. The second-order valence-electron chi connectivity index (χ2n) is 5.58. The minimum atomic E-state index is -0.104. The zero-order chi connectivity index (χ0) is 15.9. The predicted octanol–water partition coefficient (Wildman–Crippen LogP) is 3.06. The number of ether oxygens (including phenoxy) is 1. The van der Waals surface area contributed by atoms with Crippen LogP contribution in [0.1, 0.15) is 40.2 Å². The fraction of sp³-hybridized carbons (Fsp3) is 0.353. The molecule has 5 nitrogen and oxygen atoms in total. The lowest BCUT2D eigenvalue weighted by Gasteiger charge is -2.35. The van der Waals surface area contributed by atoms with E-state index in [0.29, 0.717) is 24.5 Å². The highest BCUT2D eigenvalue weighted by molar-refractivity contribution is 5.93. The van der Waals surface area contributed by atoms with E-state index in [1.165, 1.54) is 13.4 Å². The first kappa shape index (κ1) is 14.5. The van der Waals surface area contributed by atoms with Crippen LogP contribution in [0, 0.1) is 6.92 Å². The van der Waals surface area contributed by atoms with Crippen molar-refractivity contribution in [2.45, 2.75) is 26.3 Å². The SMILES string of the molecule is COc1cc2c(cc1O)CCN(C(=O)c1occc1C)[C@@H]2C. The number of carbonyl (C=O) groups is 1. The molecule has 5 heteroatoms. The lowest BCUT2D eigenvalue weighted by Crippen LogP contribution is -2.39. The van der Waals surface area contributed by atoms with E-state index in [1.807, 2.05) is 19.9 Å². The highest BCUT2D eigenvalue weighted by Crippen LogP contribution is 2.37. The van der Waals surface area contributed by atoms with E-state index in [2.05, 4.69) is 0 Å². The number of hydrogen-bond acceptors (Lipinski definition) is 4. The zero-order valence-electron chi connectivity index (χ0n) is 12.9. The van der Waals surface area contributed by atoms with Gasteiger partial charge in [0, 0.05) is 12.1 Å². The number of nitrogens with zero attached hydrogens (tertiary/aromatic N) is 1. The van der Waals surface area contributed by atoms with Crippen LogP contribution in [0.2, 0.25) is 0 Å². The molecular weight excluding hydrogens is 282 g/mol. The van der Waals surface area contributed by atoms with E-state index in [0.717, 1.165) is 16.7 Å². The third-order valence-electron chi connectivity index (χ3n) is 4.30. The van der Waals surface area contributed by atoms with Crippen LogP contribution in [0.25, 0.3) is 0 Å². The standard InChI is InChI=1S/C17H19NO4/c1-10-5-7-22-16(10)17(20)18-6-4-12-8-14(19)15(21-3)9-13(12)11(18)2/h5,7-9,11,19H,4,6H2,1-3H3/t11-/m1/s1. The second kappa shape index (κ2) is 5.40. The van der Waals surface area contributed by atoms with Crippen LogP contribution >= 0.6 is 0 Å². The largest absolute Gasteiger partial charge is 0.504 e. The Morgan fingerprint density at radius 1 is 1.45 bits per heavy atom. The molecule has 0 unspecified atom stereocenters. The molecule has 116 valence electrons. The molecule has 0 saturated heterocycles. The van der Waals surface area contributed by atoms with Gasteiger partial charge in [0.15, 0.2) is 17.3 Å². The molecule has 0 aliphatic carbocycles. The van der Waals surface area contributed by atoms with Crippen molar-refractivity contribution < 1.29 is 19.1 Å². The predicted molar refractivity (Wildman–Crippen MR) is 81.3 cm³/mol. The molecule has 0 fully saturated rings. The highest BCUT2D eigenvalue weighted by Gasteiger charge is 2.31. The first-order chi connectivity index (χ1) is 10.5. The van der Waals surface area contributed by atoms with Crippen LogP contribution in [-0.2, 0) is 6.42 Å². The van der Waals surface area contributed by atoms with Crippen molar-refractivity contribution in [1.29, 1.82) is 0 Å². The van der Waals surface area contributed by atoms with Gasteiger partial charge >= 0.3 is 0 Å². The monoisotopic (exact) mass is 301 g/mol. The number of methoxy groups -OCH3 is 1. The quantitative estimate of drug-likeness (QED) is 0.926. The summed E-state index contributed by atoms with van der Waals surface area (Å²) < 4.78 is 10.5. The van der Waals surface area contributed by atoms with Gasteiger partial charge in [-0.2, -0.15) is 0 Å². The number of rotatable bonds is 2. The maximum absolute atomic E-state index is 12.7. The molecule has 1 aromatic heterocycles. The summed E-state index contributed by atoms with van der Waals surface area (Å²) in [5, 5.41) is 9.89. The molecule has 0 radical (unpaired) electrons. The Morgan fingerprint density at radius 2 is 2.23 bits per heavy atom. The molecule has 0 saturated carbocycles. The maximum atomic E-state index is 12.7. The Hall–Kier alpha value is -2.43. The van der Waals surface area contributed by atoms with E-state index in [1.54, 1.807) is 17.0 Å². The summed E-state index contributed by atoms with van der Waals surface area (Å²) in [5.41, 5.74) is 2.88. The van der Waals surface area contributed by atoms with E-state index < -0.39 is 0 Å². The molecule has 0 spiro atoms. The summed E-state index contributed by atoms with van der Waals surface area (Å²) in [5.74, 6) is 0.845. The van der Waals surface area contributed by atoms with Crippen molar-refractivity contribution in [2.75, 3.05) is 13.7 Å². The lowest BCUT2D eigenvalue weighted by atomic mass is 9.92. The van der Waals surface area contributed by atoms with Gasteiger partial charge in [-0.1, -0.05) is 0 Å². The van der Waals surface area contributed by atoms with E-state index in [4.69, 9.17) is 9.15 Å². The molecule has 3 rings (SSSR count). The number of fused-ring (bicyclic) bond motifs is 1. The number of hydrogen-bond donors (Lipinski definition) is 1. The molecule has 2 heterocycles. The zero-order valence-corrected chi connectivity index (χ0v) is 12.9. The van der Waals surface area contributed by atoms with Crippen molar-refractivity contribution in [3.63, 3.8) is 0 Å². The normalized spacial score (nSPS) is 17.2. The summed E-state index contributed by atoms with van der Waals surface area (Å²) in [7, 11) is 1.52. The molecule has 22 heavy (non-hydrogen) atoms. The Kier molecular flexibility index (Phi) is 3.56. The molecule has 1 aromatic carbocycles. The average molecular weight is 301 g/mol. The van der Waals surface area contributed by atoms with Gasteiger partial charge in [0.1, 0.15) is 0 Å². The van der Waals surface area contributed by atoms with Crippen molar-refractivity contribution in [2.24, 2.45) is 0 Å². The molecular formula is C17H19NO4. The first-order valence-electron chi connectivity index (χ1n) is 7.27. The third kappa shape index (κ3) is 2.22. The number of aromatic hydroxyl groups is 1. The number of phenols is 1. The van der Waals surface area contributed by atoms with Gasteiger partial charge < -0.3 is 19.2 Å². The van der Waals surface area contributed by atoms with Crippen molar-refractivity contribution in [1.82, 2.24) is 4.90 Å². The molecule has 1 aliphatic rings. The Morgan fingerprint density at radius 3 is 2.86 bits per heavy atom. The van der Waals surface area contributed by atoms with Crippen LogP contribution in [0.3, 0.4) is 0 Å². The van der Waals surface area contributed by atoms with Gasteiger partial charge in [-0.15, -0.1) is 0 Å². The molecule has 1 aliphatic heterocycles. The van der Waals surface area contributed by atoms with Crippen LogP contribution < -0.4 is 4.74 Å². The minimum absolute atomic E-state index is 0.102. The molecule has 1 amide bonds. The Bertz CT molecular complexity index is 719. The van der Waals surface area contributed by atoms with Crippen LogP contribution in [0.5, 0.6) is 11.5 Å².